The monoisotopic (exact) mass is 208 g/mol. The fourth-order valence-corrected chi connectivity index (χ4v) is 1.65. The first-order valence-corrected chi connectivity index (χ1v) is 4.49. The second-order valence-electron chi connectivity index (χ2n) is 3.23. The summed E-state index contributed by atoms with van der Waals surface area (Å²) in [7, 11) is 1.54. The summed E-state index contributed by atoms with van der Waals surface area (Å²) < 4.78 is 26.9. The highest BCUT2D eigenvalue weighted by molar-refractivity contribution is 6.01. The fourth-order valence-electron chi connectivity index (χ4n) is 1.65. The van der Waals surface area contributed by atoms with Gasteiger partial charge in [0.15, 0.2) is 0 Å². The van der Waals surface area contributed by atoms with Crippen LogP contribution in [0.2, 0.25) is 0 Å². The third-order valence-corrected chi connectivity index (χ3v) is 2.36. The van der Waals surface area contributed by atoms with Crippen LogP contribution in [0.3, 0.4) is 0 Å². The summed E-state index contributed by atoms with van der Waals surface area (Å²) in [6.45, 7) is 0. The van der Waals surface area contributed by atoms with Gasteiger partial charge in [-0.1, -0.05) is 0 Å². The van der Waals surface area contributed by atoms with Crippen LogP contribution in [0.25, 0.3) is 10.8 Å². The Morgan fingerprint density at radius 1 is 1.07 bits per heavy atom. The van der Waals surface area contributed by atoms with E-state index in [1.807, 2.05) is 0 Å². The van der Waals surface area contributed by atoms with Gasteiger partial charge in [0.05, 0.1) is 5.69 Å². The molecule has 4 heteroatoms. The van der Waals surface area contributed by atoms with E-state index in [0.717, 1.165) is 0 Å². The molecule has 0 fully saturated rings. The van der Waals surface area contributed by atoms with Crippen LogP contribution in [-0.4, -0.2) is 7.05 Å². The van der Waals surface area contributed by atoms with Gasteiger partial charge in [-0.2, -0.15) is 0 Å². The molecule has 78 valence electrons. The lowest BCUT2D eigenvalue weighted by molar-refractivity contribution is 0.625. The number of rotatable bonds is 1. The zero-order valence-electron chi connectivity index (χ0n) is 8.14. The van der Waals surface area contributed by atoms with Crippen molar-refractivity contribution in [3.05, 3.63) is 35.9 Å². The number of nitrogens with one attached hydrogen (secondary N) is 1. The molecule has 2 aromatic rings. The van der Waals surface area contributed by atoms with Crippen LogP contribution in [0, 0.1) is 11.6 Å². The van der Waals surface area contributed by atoms with Gasteiger partial charge in [-0.3, -0.25) is 0 Å². The molecular formula is C11H10F2N2. The first-order valence-electron chi connectivity index (χ1n) is 4.49. The third kappa shape index (κ3) is 1.38. The van der Waals surface area contributed by atoms with E-state index in [0.29, 0.717) is 11.1 Å². The predicted molar refractivity (Wildman–Crippen MR) is 57.8 cm³/mol. The molecule has 0 bridgehead atoms. The van der Waals surface area contributed by atoms with Gasteiger partial charge >= 0.3 is 0 Å². The molecule has 2 rings (SSSR count). The van der Waals surface area contributed by atoms with Crippen molar-refractivity contribution in [2.45, 2.75) is 0 Å². The Balaban J connectivity index is 2.96. The smallest absolute Gasteiger partial charge is 0.147 e. The molecule has 15 heavy (non-hydrogen) atoms. The van der Waals surface area contributed by atoms with Gasteiger partial charge in [0, 0.05) is 23.5 Å². The minimum Gasteiger partial charge on any atom is -0.398 e. The highest BCUT2D eigenvalue weighted by atomic mass is 19.1. The lowest BCUT2D eigenvalue weighted by atomic mass is 10.1. The molecule has 0 spiro atoms. The lowest BCUT2D eigenvalue weighted by Crippen LogP contribution is -1.97. The minimum atomic E-state index is -0.491. The normalized spacial score (nSPS) is 10.6. The van der Waals surface area contributed by atoms with Crippen molar-refractivity contribution in [3.8, 4) is 0 Å². The van der Waals surface area contributed by atoms with Gasteiger partial charge in [-0.25, -0.2) is 8.78 Å². The molecular weight excluding hydrogens is 198 g/mol. The van der Waals surface area contributed by atoms with Gasteiger partial charge in [0.25, 0.3) is 0 Å². The van der Waals surface area contributed by atoms with Crippen molar-refractivity contribution in [1.29, 1.82) is 0 Å². The first kappa shape index (κ1) is 9.71. The third-order valence-electron chi connectivity index (χ3n) is 2.36. The summed E-state index contributed by atoms with van der Waals surface area (Å²) in [6.07, 6.45) is 0. The van der Waals surface area contributed by atoms with E-state index in [2.05, 4.69) is 5.32 Å². The lowest BCUT2D eigenvalue weighted by Gasteiger charge is -2.09. The van der Waals surface area contributed by atoms with Crippen LogP contribution in [0.15, 0.2) is 24.3 Å². The Morgan fingerprint density at radius 2 is 1.73 bits per heavy atom. The van der Waals surface area contributed by atoms with Crippen LogP contribution < -0.4 is 11.1 Å². The average molecular weight is 208 g/mol. The van der Waals surface area contributed by atoms with E-state index >= 15 is 0 Å². The van der Waals surface area contributed by atoms with E-state index in [9.17, 15) is 8.78 Å². The molecule has 0 heterocycles. The standard InChI is InChI=1S/C11H10F2N2/c1-15-11-8(13)3-2-6-9(14)5-4-7(12)10(6)11/h2-5,15H,14H2,1H3. The fraction of sp³-hybridized carbons (Fsp3) is 0.0909. The molecule has 0 aliphatic rings. The largest absolute Gasteiger partial charge is 0.398 e. The Kier molecular flexibility index (Phi) is 2.19. The maximum absolute atomic E-state index is 13.5. The van der Waals surface area contributed by atoms with Crippen molar-refractivity contribution < 1.29 is 8.78 Å². The Labute approximate surface area is 85.7 Å². The van der Waals surface area contributed by atoms with Gasteiger partial charge in [-0.05, 0) is 24.3 Å². The zero-order chi connectivity index (χ0) is 11.0. The predicted octanol–water partition coefficient (Wildman–Crippen LogP) is 2.74. The summed E-state index contributed by atoms with van der Waals surface area (Å²) in [5.74, 6) is -0.974. The molecule has 0 aliphatic heterocycles. The van der Waals surface area contributed by atoms with Crippen molar-refractivity contribution in [2.75, 3.05) is 18.1 Å². The number of nitrogens with two attached hydrogens (primary N) is 1. The Morgan fingerprint density at radius 3 is 2.40 bits per heavy atom. The second kappa shape index (κ2) is 3.38. The van der Waals surface area contributed by atoms with Crippen molar-refractivity contribution in [2.24, 2.45) is 0 Å². The molecule has 0 atom stereocenters. The molecule has 0 amide bonds. The van der Waals surface area contributed by atoms with E-state index < -0.39 is 11.6 Å². The van der Waals surface area contributed by atoms with E-state index in [1.165, 1.54) is 24.3 Å². The number of benzene rings is 2. The number of fused-ring (bicyclic) bond motifs is 1. The molecule has 0 aromatic heterocycles. The maximum Gasteiger partial charge on any atom is 0.147 e. The van der Waals surface area contributed by atoms with Gasteiger partial charge < -0.3 is 11.1 Å². The van der Waals surface area contributed by atoms with Crippen LogP contribution in [0.1, 0.15) is 0 Å². The summed E-state index contributed by atoms with van der Waals surface area (Å²) >= 11 is 0. The molecule has 2 nitrogen and oxygen atoms in total. The Bertz CT molecular complexity index is 523. The molecule has 2 aromatic carbocycles. The minimum absolute atomic E-state index is 0.136. The van der Waals surface area contributed by atoms with Crippen LogP contribution in [0.5, 0.6) is 0 Å². The van der Waals surface area contributed by atoms with Gasteiger partial charge in [0.2, 0.25) is 0 Å². The molecule has 0 saturated heterocycles. The number of hydrogen-bond donors (Lipinski definition) is 2. The Hall–Kier alpha value is -1.84. The molecule has 0 aliphatic carbocycles. The van der Waals surface area contributed by atoms with Crippen molar-refractivity contribution in [3.63, 3.8) is 0 Å². The van der Waals surface area contributed by atoms with Crippen molar-refractivity contribution in [1.82, 2.24) is 0 Å². The number of anilines is 2. The quantitative estimate of drug-likeness (QED) is 0.707. The van der Waals surface area contributed by atoms with E-state index in [4.69, 9.17) is 5.73 Å². The van der Waals surface area contributed by atoms with E-state index in [-0.39, 0.29) is 11.1 Å². The van der Waals surface area contributed by atoms with Crippen LogP contribution in [0.4, 0.5) is 20.2 Å². The number of nitrogen functional groups attached to an aromatic ring is 1. The topological polar surface area (TPSA) is 38.0 Å². The molecule has 0 unspecified atom stereocenters. The molecule has 0 saturated carbocycles. The zero-order valence-corrected chi connectivity index (χ0v) is 8.14. The molecule has 0 radical (unpaired) electrons. The summed E-state index contributed by atoms with van der Waals surface area (Å²) in [5, 5.41) is 3.34. The maximum atomic E-state index is 13.5. The highest BCUT2D eigenvalue weighted by Crippen LogP contribution is 2.31. The summed E-state index contributed by atoms with van der Waals surface area (Å²) in [5.41, 5.74) is 6.25. The van der Waals surface area contributed by atoms with Crippen LogP contribution >= 0.6 is 0 Å². The van der Waals surface area contributed by atoms with E-state index in [1.54, 1.807) is 7.05 Å². The average Bonchev–Trinajstić information content (AvgIpc) is 2.23. The van der Waals surface area contributed by atoms with Gasteiger partial charge in [-0.15, -0.1) is 0 Å². The summed E-state index contributed by atoms with van der Waals surface area (Å²) in [6, 6.07) is 5.45. The van der Waals surface area contributed by atoms with Gasteiger partial charge in [0.1, 0.15) is 11.6 Å². The van der Waals surface area contributed by atoms with Crippen LogP contribution in [-0.2, 0) is 0 Å². The highest BCUT2D eigenvalue weighted by Gasteiger charge is 2.11. The summed E-state index contributed by atoms with van der Waals surface area (Å²) in [4.78, 5) is 0. The number of halogens is 2. The first-order chi connectivity index (χ1) is 7.15. The second-order valence-corrected chi connectivity index (χ2v) is 3.23. The molecule has 3 N–H and O–H groups in total. The SMILES string of the molecule is CNc1c(F)ccc2c(N)ccc(F)c12. The number of hydrogen-bond acceptors (Lipinski definition) is 2. The van der Waals surface area contributed by atoms with Crippen molar-refractivity contribution >= 4 is 22.1 Å².